The Kier molecular flexibility index (Phi) is 2.10. The fraction of sp³-hybridized carbons (Fsp3) is 0. The summed E-state index contributed by atoms with van der Waals surface area (Å²) in [7, 11) is 0. The van der Waals surface area contributed by atoms with Crippen molar-refractivity contribution in [3.05, 3.63) is 0 Å². The second kappa shape index (κ2) is 2.38. The lowest BCUT2D eigenvalue weighted by molar-refractivity contribution is -0.857. The van der Waals surface area contributed by atoms with E-state index >= 15 is 0 Å². The molecule has 0 fully saturated rings. The van der Waals surface area contributed by atoms with Crippen LogP contribution in [0.4, 0.5) is 17.8 Å². The molecule has 0 saturated carbocycles. The van der Waals surface area contributed by atoms with E-state index < -0.39 is 11.1 Å². The first-order valence-electron chi connectivity index (χ1n) is 1.19. The SMILES string of the molecule is FNC(F)=[N+](F)F. The normalized spacial score (nSPS) is 8.00. The zero-order chi connectivity index (χ0) is 5.86. The van der Waals surface area contributed by atoms with Gasteiger partial charge >= 0.3 is 6.09 Å². The quantitative estimate of drug-likeness (QED) is 0.161. The smallest absolute Gasteiger partial charge is 0.114 e. The number of halogens is 4. The van der Waals surface area contributed by atoms with Crippen LogP contribution in [0.15, 0.2) is 0 Å². The van der Waals surface area contributed by atoms with E-state index in [0.29, 0.717) is 0 Å². The Morgan fingerprint density at radius 3 is 1.86 bits per heavy atom. The summed E-state index contributed by atoms with van der Waals surface area (Å²) in [5, 5.41) is -2.01. The van der Waals surface area contributed by atoms with Gasteiger partial charge in [-0.05, 0) is 10.0 Å². The number of amidine groups is 1. The van der Waals surface area contributed by atoms with Crippen molar-refractivity contribution in [1.29, 1.82) is 0 Å². The Morgan fingerprint density at radius 1 is 1.43 bits per heavy atom. The van der Waals surface area contributed by atoms with Crippen LogP contribution in [-0.4, -0.2) is 11.1 Å². The largest absolute Gasteiger partial charge is 0.544 e. The van der Waals surface area contributed by atoms with E-state index in [4.69, 9.17) is 0 Å². The molecule has 0 aromatic carbocycles. The van der Waals surface area contributed by atoms with Crippen molar-refractivity contribution in [3.8, 4) is 0 Å². The summed E-state index contributed by atoms with van der Waals surface area (Å²) < 4.78 is 42.4. The first-order chi connectivity index (χ1) is 3.18. The third-order valence-electron chi connectivity index (χ3n) is 0.226. The number of hydrogen-bond acceptors (Lipinski definition) is 0. The molecule has 7 heavy (non-hydrogen) atoms. The molecule has 0 aliphatic rings. The van der Waals surface area contributed by atoms with Gasteiger partial charge in [-0.15, -0.1) is 4.39 Å². The second-order valence-electron chi connectivity index (χ2n) is 0.618. The molecule has 0 bridgehead atoms. The highest BCUT2D eigenvalue weighted by atomic mass is 19.4. The van der Waals surface area contributed by atoms with Crippen LogP contribution in [0.3, 0.4) is 0 Å². The Labute approximate surface area is 35.9 Å². The van der Waals surface area contributed by atoms with Gasteiger partial charge in [0.15, 0.2) is 5.02 Å². The summed E-state index contributed by atoms with van der Waals surface area (Å²) in [4.78, 5) is 0. The van der Waals surface area contributed by atoms with Gasteiger partial charge in [-0.3, -0.25) is 0 Å². The third-order valence-corrected chi connectivity index (χ3v) is 0.226. The first-order valence-corrected chi connectivity index (χ1v) is 1.19. The van der Waals surface area contributed by atoms with E-state index in [1.807, 2.05) is 0 Å². The maximum absolute atomic E-state index is 10.9. The zero-order valence-corrected chi connectivity index (χ0v) is 2.96. The molecule has 0 radical (unpaired) electrons. The lowest BCUT2D eigenvalue weighted by Crippen LogP contribution is -2.13. The number of nitrogens with zero attached hydrogens (tertiary/aromatic N) is 1. The van der Waals surface area contributed by atoms with Crippen LogP contribution in [0.5, 0.6) is 0 Å². The van der Waals surface area contributed by atoms with Gasteiger partial charge in [0.05, 0.1) is 0 Å². The van der Waals surface area contributed by atoms with Gasteiger partial charge in [0.1, 0.15) is 0 Å². The van der Waals surface area contributed by atoms with Crippen LogP contribution in [0.1, 0.15) is 0 Å². The Hall–Kier alpha value is -0.810. The standard InChI is InChI=1S/CF4N2/c2-1(6-3)7(4)5/p+1. The molecule has 0 aromatic rings. The van der Waals surface area contributed by atoms with Crippen molar-refractivity contribution in [2.45, 2.75) is 0 Å². The van der Waals surface area contributed by atoms with Gasteiger partial charge in [0.2, 0.25) is 0 Å². The maximum Gasteiger partial charge on any atom is 0.544 e. The van der Waals surface area contributed by atoms with Crippen molar-refractivity contribution >= 4 is 6.09 Å². The fourth-order valence-electron chi connectivity index (χ4n) is 0.0319. The highest BCUT2D eigenvalue weighted by molar-refractivity contribution is 5.64. The molecular formula is CHF4N2+. The van der Waals surface area contributed by atoms with E-state index in [2.05, 4.69) is 0 Å². The van der Waals surface area contributed by atoms with Crippen LogP contribution in [0.25, 0.3) is 0 Å². The maximum atomic E-state index is 10.9. The van der Waals surface area contributed by atoms with Crippen LogP contribution < -0.4 is 5.54 Å². The van der Waals surface area contributed by atoms with E-state index in [9.17, 15) is 17.8 Å². The topological polar surface area (TPSA) is 15.0 Å². The molecule has 0 amide bonds. The van der Waals surface area contributed by atoms with Gasteiger partial charge in [-0.25, -0.2) is 0 Å². The monoisotopic (exact) mass is 117 g/mol. The van der Waals surface area contributed by atoms with Crippen LogP contribution >= 0.6 is 0 Å². The van der Waals surface area contributed by atoms with Gasteiger partial charge in [-0.2, -0.15) is 0 Å². The number of rotatable bonds is 0. The van der Waals surface area contributed by atoms with Crippen molar-refractivity contribution < 1.29 is 22.9 Å². The van der Waals surface area contributed by atoms with Crippen LogP contribution in [0.2, 0.25) is 0 Å². The van der Waals surface area contributed by atoms with E-state index in [1.54, 1.807) is 0 Å². The molecule has 2 nitrogen and oxygen atoms in total. The molecule has 42 valence electrons. The summed E-state index contributed by atoms with van der Waals surface area (Å²) in [6.07, 6.45) is -2.32. The Balaban J connectivity index is 3.72. The molecule has 0 rings (SSSR count). The number of nitrogens with one attached hydrogen (secondary N) is 1. The molecule has 0 saturated heterocycles. The molecule has 1 N–H and O–H groups in total. The molecule has 0 unspecified atom stereocenters. The van der Waals surface area contributed by atoms with Crippen molar-refractivity contribution in [2.24, 2.45) is 0 Å². The predicted molar refractivity (Wildman–Crippen MR) is 12.8 cm³/mol. The van der Waals surface area contributed by atoms with E-state index in [-0.39, 0.29) is 5.54 Å². The lowest BCUT2D eigenvalue weighted by Gasteiger charge is -1.70. The van der Waals surface area contributed by atoms with Crippen LogP contribution in [-0.2, 0) is 0 Å². The molecule has 0 aromatic heterocycles. The van der Waals surface area contributed by atoms with Gasteiger partial charge in [0.25, 0.3) is 0 Å². The minimum Gasteiger partial charge on any atom is -0.114 e. The van der Waals surface area contributed by atoms with Crippen molar-refractivity contribution in [3.63, 3.8) is 0 Å². The average molecular weight is 117 g/mol. The minimum absolute atomic E-state index is 0.0903. The van der Waals surface area contributed by atoms with Crippen LogP contribution in [0, 0.1) is 0 Å². The molecule has 0 atom stereocenters. The highest BCUT2D eigenvalue weighted by Gasteiger charge is 2.11. The number of hydrogen-bond donors (Lipinski definition) is 1. The van der Waals surface area contributed by atoms with E-state index in [1.165, 1.54) is 0 Å². The van der Waals surface area contributed by atoms with Gasteiger partial charge < -0.3 is 0 Å². The highest BCUT2D eigenvalue weighted by Crippen LogP contribution is 1.79. The Bertz CT molecular complexity index is 83.7. The molecule has 0 spiro atoms. The average Bonchev–Trinajstić information content (AvgIpc) is 1.65. The zero-order valence-electron chi connectivity index (χ0n) is 2.96. The molecule has 0 heterocycles. The molecule has 6 heteroatoms. The van der Waals surface area contributed by atoms with Crippen molar-refractivity contribution in [1.82, 2.24) is 5.54 Å². The summed E-state index contributed by atoms with van der Waals surface area (Å²) in [6.45, 7) is 0. The molecule has 0 aliphatic carbocycles. The summed E-state index contributed by atoms with van der Waals surface area (Å²) in [5.41, 5.74) is 0.0903. The fourth-order valence-corrected chi connectivity index (χ4v) is 0.0319. The molecular weight excluding hydrogens is 116 g/mol. The van der Waals surface area contributed by atoms with Gasteiger partial charge in [0, 0.05) is 8.96 Å². The third kappa shape index (κ3) is 1.96. The van der Waals surface area contributed by atoms with Crippen molar-refractivity contribution in [2.75, 3.05) is 0 Å². The second-order valence-corrected chi connectivity index (χ2v) is 0.618. The first kappa shape index (κ1) is 6.19. The van der Waals surface area contributed by atoms with E-state index in [0.717, 1.165) is 0 Å². The predicted octanol–water partition coefficient (Wildman–Crippen LogP) is 0.568. The lowest BCUT2D eigenvalue weighted by atomic mass is 11.3. The summed E-state index contributed by atoms with van der Waals surface area (Å²) in [5.74, 6) is 0. The van der Waals surface area contributed by atoms with Gasteiger partial charge in [-0.1, -0.05) is 0 Å². The Morgan fingerprint density at radius 2 is 1.86 bits per heavy atom. The minimum atomic E-state index is -2.32. The molecule has 0 aliphatic heterocycles. The summed E-state index contributed by atoms with van der Waals surface area (Å²) >= 11 is 0. The summed E-state index contributed by atoms with van der Waals surface area (Å²) in [6, 6.07) is 0.